The van der Waals surface area contributed by atoms with Crippen molar-refractivity contribution in [3.05, 3.63) is 52.4 Å². The Morgan fingerprint density at radius 1 is 1.27 bits per heavy atom. The Bertz CT molecular complexity index is 788. The number of nitrogens with one attached hydrogen (secondary N) is 2. The second-order valence-corrected chi connectivity index (χ2v) is 6.49. The number of hydrogen-bond donors (Lipinski definition) is 2. The van der Waals surface area contributed by atoms with Crippen molar-refractivity contribution < 1.29 is 18.7 Å². The fraction of sp³-hybridized carbons (Fsp3) is 0.278. The highest BCUT2D eigenvalue weighted by atomic mass is 79.9. The van der Waals surface area contributed by atoms with E-state index in [4.69, 9.17) is 9.15 Å². The summed E-state index contributed by atoms with van der Waals surface area (Å²) in [6.45, 7) is 3.75. The fourth-order valence-corrected chi connectivity index (χ4v) is 2.60. The van der Waals surface area contributed by atoms with Crippen LogP contribution in [0.2, 0.25) is 0 Å². The summed E-state index contributed by atoms with van der Waals surface area (Å²) in [6.07, 6.45) is 1.62. The Hall–Kier alpha value is -2.61. The minimum Gasteiger partial charge on any atom is -0.483 e. The van der Waals surface area contributed by atoms with Crippen molar-refractivity contribution in [1.29, 1.82) is 0 Å². The molecular formula is C18H20BrN3O4. The number of rotatable bonds is 8. The van der Waals surface area contributed by atoms with Crippen molar-refractivity contribution in [2.75, 3.05) is 6.61 Å². The van der Waals surface area contributed by atoms with Crippen LogP contribution in [0.3, 0.4) is 0 Å². The first-order chi connectivity index (χ1) is 12.4. The molecule has 1 aromatic heterocycles. The molecule has 0 saturated carbocycles. The highest BCUT2D eigenvalue weighted by Crippen LogP contribution is 2.25. The quantitative estimate of drug-likeness (QED) is 0.506. The molecule has 0 bridgehead atoms. The molecule has 0 aliphatic heterocycles. The van der Waals surface area contributed by atoms with Gasteiger partial charge in [-0.25, -0.2) is 5.43 Å². The summed E-state index contributed by atoms with van der Waals surface area (Å²) in [5, 5.41) is 6.60. The predicted octanol–water partition coefficient (Wildman–Crippen LogP) is 2.93. The van der Waals surface area contributed by atoms with Gasteiger partial charge >= 0.3 is 0 Å². The molecule has 1 aromatic carbocycles. The highest BCUT2D eigenvalue weighted by molar-refractivity contribution is 9.10. The summed E-state index contributed by atoms with van der Waals surface area (Å²) in [5.74, 6) is 0.619. The van der Waals surface area contributed by atoms with Gasteiger partial charge in [0, 0.05) is 5.71 Å². The molecule has 1 heterocycles. The SMILES string of the molecule is CC(CC(=O)NCc1ccco1)=NNC(=O)COc1ccc(C)cc1Br. The summed E-state index contributed by atoms with van der Waals surface area (Å²) >= 11 is 3.38. The number of furan rings is 1. The van der Waals surface area contributed by atoms with Crippen LogP contribution in [0.25, 0.3) is 0 Å². The Labute approximate surface area is 159 Å². The van der Waals surface area contributed by atoms with Crippen LogP contribution in [-0.2, 0) is 16.1 Å². The minimum absolute atomic E-state index is 0.0748. The molecule has 0 fully saturated rings. The smallest absolute Gasteiger partial charge is 0.277 e. The van der Waals surface area contributed by atoms with E-state index in [1.165, 1.54) is 0 Å². The molecule has 2 aromatic rings. The van der Waals surface area contributed by atoms with Crippen LogP contribution >= 0.6 is 15.9 Å². The molecule has 8 heteroatoms. The topological polar surface area (TPSA) is 92.9 Å². The first-order valence-electron chi connectivity index (χ1n) is 7.94. The third-order valence-electron chi connectivity index (χ3n) is 3.27. The molecule has 7 nitrogen and oxygen atoms in total. The van der Waals surface area contributed by atoms with Crippen molar-refractivity contribution in [3.8, 4) is 5.75 Å². The molecule has 0 radical (unpaired) electrons. The lowest BCUT2D eigenvalue weighted by Crippen LogP contribution is -2.28. The number of carbonyl (C=O) groups is 2. The zero-order valence-corrected chi connectivity index (χ0v) is 16.1. The predicted molar refractivity (Wildman–Crippen MR) is 101 cm³/mol. The number of hydrazone groups is 1. The summed E-state index contributed by atoms with van der Waals surface area (Å²) < 4.78 is 11.3. The van der Waals surface area contributed by atoms with Crippen molar-refractivity contribution in [1.82, 2.24) is 10.7 Å². The zero-order chi connectivity index (χ0) is 18.9. The van der Waals surface area contributed by atoms with Crippen LogP contribution in [0, 0.1) is 6.92 Å². The van der Waals surface area contributed by atoms with Gasteiger partial charge in [0.25, 0.3) is 5.91 Å². The van der Waals surface area contributed by atoms with E-state index in [0.717, 1.165) is 10.0 Å². The standard InChI is InChI=1S/C18H20BrN3O4/c1-12-5-6-16(15(19)8-12)26-11-18(24)22-21-13(2)9-17(23)20-10-14-4-3-7-25-14/h3-8H,9-11H2,1-2H3,(H,20,23)(H,22,24). The highest BCUT2D eigenvalue weighted by Gasteiger charge is 2.07. The lowest BCUT2D eigenvalue weighted by Gasteiger charge is -2.08. The van der Waals surface area contributed by atoms with E-state index >= 15 is 0 Å². The maximum atomic E-state index is 11.8. The van der Waals surface area contributed by atoms with E-state index in [0.29, 0.717) is 23.8 Å². The number of ether oxygens (including phenoxy) is 1. The Kier molecular flexibility index (Phi) is 7.40. The molecule has 0 spiro atoms. The molecule has 0 atom stereocenters. The number of benzene rings is 1. The van der Waals surface area contributed by atoms with Gasteiger partial charge in [-0.05, 0) is 59.6 Å². The van der Waals surface area contributed by atoms with Crippen LogP contribution in [0.15, 0.2) is 50.6 Å². The Morgan fingerprint density at radius 2 is 2.08 bits per heavy atom. The monoisotopic (exact) mass is 421 g/mol. The van der Waals surface area contributed by atoms with Crippen LogP contribution in [0.4, 0.5) is 0 Å². The number of nitrogens with zero attached hydrogens (tertiary/aromatic N) is 1. The minimum atomic E-state index is -0.409. The van der Waals surface area contributed by atoms with Gasteiger partial charge in [0.2, 0.25) is 5.91 Å². The summed E-state index contributed by atoms with van der Waals surface area (Å²) in [6, 6.07) is 9.10. The molecule has 26 heavy (non-hydrogen) atoms. The van der Waals surface area contributed by atoms with Crippen LogP contribution < -0.4 is 15.5 Å². The normalized spacial score (nSPS) is 11.1. The lowest BCUT2D eigenvalue weighted by atomic mass is 10.2. The number of hydrogen-bond acceptors (Lipinski definition) is 5. The largest absolute Gasteiger partial charge is 0.483 e. The van der Waals surface area contributed by atoms with Gasteiger partial charge in [-0.15, -0.1) is 0 Å². The second-order valence-electron chi connectivity index (χ2n) is 5.64. The van der Waals surface area contributed by atoms with E-state index < -0.39 is 5.91 Å². The Balaban J connectivity index is 1.71. The third-order valence-corrected chi connectivity index (χ3v) is 3.89. The number of halogens is 1. The average molecular weight is 422 g/mol. The average Bonchev–Trinajstić information content (AvgIpc) is 3.11. The summed E-state index contributed by atoms with van der Waals surface area (Å²) in [5.41, 5.74) is 3.93. The van der Waals surface area contributed by atoms with Gasteiger partial charge in [-0.3, -0.25) is 9.59 Å². The second kappa shape index (κ2) is 9.76. The van der Waals surface area contributed by atoms with E-state index in [-0.39, 0.29) is 18.9 Å². The van der Waals surface area contributed by atoms with Crippen molar-refractivity contribution >= 4 is 33.5 Å². The van der Waals surface area contributed by atoms with Crippen LogP contribution in [0.5, 0.6) is 5.75 Å². The third kappa shape index (κ3) is 6.72. The molecule has 138 valence electrons. The molecule has 0 aliphatic rings. The van der Waals surface area contributed by atoms with E-state index in [1.54, 1.807) is 31.4 Å². The van der Waals surface area contributed by atoms with Crippen molar-refractivity contribution in [2.45, 2.75) is 26.8 Å². The van der Waals surface area contributed by atoms with Gasteiger partial charge in [0.15, 0.2) is 6.61 Å². The molecule has 0 aliphatic carbocycles. The number of aryl methyl sites for hydroxylation is 1. The van der Waals surface area contributed by atoms with Gasteiger partial charge in [-0.1, -0.05) is 6.07 Å². The van der Waals surface area contributed by atoms with Crippen LogP contribution in [0.1, 0.15) is 24.7 Å². The maximum Gasteiger partial charge on any atom is 0.277 e. The molecule has 2 rings (SSSR count). The lowest BCUT2D eigenvalue weighted by molar-refractivity contribution is -0.123. The first-order valence-corrected chi connectivity index (χ1v) is 8.73. The van der Waals surface area contributed by atoms with Gasteiger partial charge in [0.1, 0.15) is 11.5 Å². The van der Waals surface area contributed by atoms with E-state index in [2.05, 4.69) is 31.8 Å². The summed E-state index contributed by atoms with van der Waals surface area (Å²) in [7, 11) is 0. The fourth-order valence-electron chi connectivity index (χ4n) is 1.99. The zero-order valence-electron chi connectivity index (χ0n) is 14.5. The van der Waals surface area contributed by atoms with Crippen molar-refractivity contribution in [2.24, 2.45) is 5.10 Å². The Morgan fingerprint density at radius 3 is 2.77 bits per heavy atom. The van der Waals surface area contributed by atoms with Gasteiger partial charge in [0.05, 0.1) is 23.7 Å². The maximum absolute atomic E-state index is 11.8. The number of amides is 2. The molecule has 0 saturated heterocycles. The van der Waals surface area contributed by atoms with Gasteiger partial charge < -0.3 is 14.5 Å². The summed E-state index contributed by atoms with van der Waals surface area (Å²) in [4.78, 5) is 23.6. The number of carbonyl (C=O) groups excluding carboxylic acids is 2. The van der Waals surface area contributed by atoms with E-state index in [9.17, 15) is 9.59 Å². The van der Waals surface area contributed by atoms with Crippen LogP contribution in [-0.4, -0.2) is 24.1 Å². The first kappa shape index (κ1) is 19.7. The molecular weight excluding hydrogens is 402 g/mol. The molecule has 2 amide bonds. The van der Waals surface area contributed by atoms with E-state index in [1.807, 2.05) is 19.1 Å². The van der Waals surface area contributed by atoms with Gasteiger partial charge in [-0.2, -0.15) is 5.10 Å². The molecule has 0 unspecified atom stereocenters. The van der Waals surface area contributed by atoms with Crippen molar-refractivity contribution in [3.63, 3.8) is 0 Å². The molecule has 2 N–H and O–H groups in total.